The minimum absolute atomic E-state index is 0.0666. The molecule has 0 unspecified atom stereocenters. The molecule has 6 nitrogen and oxygen atoms in total. The van der Waals surface area contributed by atoms with E-state index < -0.39 is 23.1 Å². The summed E-state index contributed by atoms with van der Waals surface area (Å²) in [5.41, 5.74) is -1.32. The van der Waals surface area contributed by atoms with E-state index in [1.807, 2.05) is 0 Å². The number of hydrogen-bond donors (Lipinski definition) is 1. The lowest BCUT2D eigenvalue weighted by Gasteiger charge is -2.30. The number of ether oxygens (including phenoxy) is 2. The lowest BCUT2D eigenvalue weighted by Crippen LogP contribution is -2.35. The number of aromatic nitrogens is 1. The van der Waals surface area contributed by atoms with Gasteiger partial charge in [-0.1, -0.05) is 0 Å². The molecule has 0 spiro atoms. The summed E-state index contributed by atoms with van der Waals surface area (Å²) in [6.07, 6.45) is 2.24. The second kappa shape index (κ2) is 6.82. The average Bonchev–Trinajstić information content (AvgIpc) is 2.59. The van der Waals surface area contributed by atoms with Crippen molar-refractivity contribution in [3.05, 3.63) is 53.7 Å². The van der Waals surface area contributed by atoms with Gasteiger partial charge >= 0.3 is 6.09 Å². The summed E-state index contributed by atoms with van der Waals surface area (Å²) < 4.78 is 25.6. The van der Waals surface area contributed by atoms with Crippen LogP contribution in [-0.4, -0.2) is 27.4 Å². The standard InChI is InChI=1S/C21H23FN2O4/c1-20(2,3)28-19(26)24-15-12-14(22)8-9-16(15)27-21(4,5)17(25)11-13-7-6-10-23-18(13)24/h6-12,25H,1-5H3/b17-11+. The van der Waals surface area contributed by atoms with E-state index in [2.05, 4.69) is 4.98 Å². The van der Waals surface area contributed by atoms with E-state index in [1.165, 1.54) is 30.5 Å². The summed E-state index contributed by atoms with van der Waals surface area (Å²) in [6.45, 7) is 8.55. The van der Waals surface area contributed by atoms with Crippen molar-refractivity contribution in [2.45, 2.75) is 45.8 Å². The molecule has 1 aliphatic heterocycles. The first-order valence-corrected chi connectivity index (χ1v) is 8.86. The Morgan fingerprint density at radius 2 is 2.00 bits per heavy atom. The fraction of sp³-hybridized carbons (Fsp3) is 0.333. The van der Waals surface area contributed by atoms with E-state index in [1.54, 1.807) is 46.8 Å². The number of hydrogen-bond acceptors (Lipinski definition) is 5. The zero-order chi connectivity index (χ0) is 20.7. The molecular weight excluding hydrogens is 363 g/mol. The van der Waals surface area contributed by atoms with Gasteiger partial charge < -0.3 is 14.6 Å². The van der Waals surface area contributed by atoms with Crippen LogP contribution in [0.1, 0.15) is 40.2 Å². The van der Waals surface area contributed by atoms with Crippen LogP contribution in [0.5, 0.6) is 5.75 Å². The zero-order valence-corrected chi connectivity index (χ0v) is 16.5. The largest absolute Gasteiger partial charge is 0.508 e. The summed E-state index contributed by atoms with van der Waals surface area (Å²) >= 11 is 0. The molecule has 2 aromatic rings. The molecule has 1 aromatic carbocycles. The van der Waals surface area contributed by atoms with E-state index >= 15 is 0 Å². The highest BCUT2D eigenvalue weighted by molar-refractivity contribution is 5.99. The average molecular weight is 386 g/mol. The first-order valence-electron chi connectivity index (χ1n) is 8.86. The third-order valence-electron chi connectivity index (χ3n) is 4.04. The quantitative estimate of drug-likeness (QED) is 0.659. The number of benzene rings is 1. The topological polar surface area (TPSA) is 71.9 Å². The summed E-state index contributed by atoms with van der Waals surface area (Å²) in [5, 5.41) is 10.6. The third-order valence-corrected chi connectivity index (χ3v) is 4.04. The number of aliphatic hydroxyl groups is 1. The van der Waals surface area contributed by atoms with E-state index in [-0.39, 0.29) is 23.0 Å². The molecule has 1 amide bonds. The molecule has 1 aromatic heterocycles. The maximum Gasteiger partial charge on any atom is 0.420 e. The third kappa shape index (κ3) is 3.93. The van der Waals surface area contributed by atoms with Crippen molar-refractivity contribution in [2.24, 2.45) is 0 Å². The van der Waals surface area contributed by atoms with Gasteiger partial charge in [0.05, 0.1) is 5.69 Å². The van der Waals surface area contributed by atoms with Gasteiger partial charge in [-0.05, 0) is 65.0 Å². The smallest absolute Gasteiger partial charge is 0.420 e. The van der Waals surface area contributed by atoms with Crippen molar-refractivity contribution in [2.75, 3.05) is 4.90 Å². The van der Waals surface area contributed by atoms with Crippen LogP contribution < -0.4 is 9.64 Å². The lowest BCUT2D eigenvalue weighted by molar-refractivity contribution is 0.0594. The molecule has 0 fully saturated rings. The van der Waals surface area contributed by atoms with Crippen LogP contribution in [0.15, 0.2) is 42.3 Å². The van der Waals surface area contributed by atoms with Gasteiger partial charge in [0.15, 0.2) is 5.60 Å². The van der Waals surface area contributed by atoms with E-state index in [0.29, 0.717) is 5.56 Å². The predicted octanol–water partition coefficient (Wildman–Crippen LogP) is 5.36. The van der Waals surface area contributed by atoms with Crippen molar-refractivity contribution in [3.8, 4) is 5.75 Å². The molecule has 0 aliphatic carbocycles. The summed E-state index contributed by atoms with van der Waals surface area (Å²) in [5.74, 6) is -0.224. The van der Waals surface area contributed by atoms with Crippen molar-refractivity contribution < 1.29 is 23.8 Å². The Morgan fingerprint density at radius 1 is 1.29 bits per heavy atom. The number of amides is 1. The molecule has 0 saturated carbocycles. The number of nitrogens with zero attached hydrogens (tertiary/aromatic N) is 2. The summed E-state index contributed by atoms with van der Waals surface area (Å²) in [7, 11) is 0. The number of carbonyl (C=O) groups excluding carboxylic acids is 1. The number of anilines is 2. The van der Waals surface area contributed by atoms with Gasteiger partial charge in [-0.2, -0.15) is 0 Å². The second-order valence-electron chi connectivity index (χ2n) is 7.99. The van der Waals surface area contributed by atoms with Gasteiger partial charge in [-0.25, -0.2) is 19.1 Å². The van der Waals surface area contributed by atoms with Gasteiger partial charge in [0.2, 0.25) is 0 Å². The molecule has 1 aliphatic rings. The van der Waals surface area contributed by atoms with E-state index in [4.69, 9.17) is 9.47 Å². The Hall–Kier alpha value is -3.09. The number of halogens is 1. The Kier molecular flexibility index (Phi) is 4.79. The van der Waals surface area contributed by atoms with Crippen LogP contribution in [0.4, 0.5) is 20.7 Å². The van der Waals surface area contributed by atoms with Crippen molar-refractivity contribution in [1.82, 2.24) is 4.98 Å². The summed E-state index contributed by atoms with van der Waals surface area (Å²) in [4.78, 5) is 18.5. The van der Waals surface area contributed by atoms with Gasteiger partial charge in [0.1, 0.15) is 28.7 Å². The van der Waals surface area contributed by atoms with Crippen LogP contribution in [0.3, 0.4) is 0 Å². The first kappa shape index (κ1) is 19.7. The van der Waals surface area contributed by atoms with E-state index in [9.17, 15) is 14.3 Å². The van der Waals surface area contributed by atoms with Crippen LogP contribution in [0.2, 0.25) is 0 Å². The SMILES string of the molecule is CC(C)(C)OC(=O)N1c2cc(F)ccc2OC(C)(C)/C(O)=C\c2cccnc21. The van der Waals surface area contributed by atoms with Crippen molar-refractivity contribution >= 4 is 23.7 Å². The molecule has 0 radical (unpaired) electrons. The van der Waals surface area contributed by atoms with Gasteiger partial charge in [0.25, 0.3) is 0 Å². The molecule has 2 heterocycles. The number of pyridine rings is 1. The van der Waals surface area contributed by atoms with Gasteiger partial charge in [-0.3, -0.25) is 0 Å². The molecule has 3 rings (SSSR count). The van der Waals surface area contributed by atoms with Crippen LogP contribution in [0, 0.1) is 5.82 Å². The molecule has 28 heavy (non-hydrogen) atoms. The van der Waals surface area contributed by atoms with Gasteiger partial charge in [0, 0.05) is 17.8 Å². The predicted molar refractivity (Wildman–Crippen MR) is 104 cm³/mol. The highest BCUT2D eigenvalue weighted by atomic mass is 19.1. The molecule has 7 heteroatoms. The van der Waals surface area contributed by atoms with Crippen molar-refractivity contribution in [3.63, 3.8) is 0 Å². The fourth-order valence-electron chi connectivity index (χ4n) is 2.72. The van der Waals surface area contributed by atoms with E-state index in [0.717, 1.165) is 4.90 Å². The number of carbonyl (C=O) groups is 1. The fourth-order valence-corrected chi connectivity index (χ4v) is 2.72. The Bertz CT molecular complexity index is 948. The minimum Gasteiger partial charge on any atom is -0.508 e. The zero-order valence-electron chi connectivity index (χ0n) is 16.5. The lowest BCUT2D eigenvalue weighted by atomic mass is 10.0. The highest BCUT2D eigenvalue weighted by Crippen LogP contribution is 2.41. The Labute approximate surface area is 163 Å². The van der Waals surface area contributed by atoms with Crippen LogP contribution in [-0.2, 0) is 4.74 Å². The summed E-state index contributed by atoms with van der Waals surface area (Å²) in [6, 6.07) is 7.17. The van der Waals surface area contributed by atoms with Crippen molar-refractivity contribution in [1.29, 1.82) is 0 Å². The minimum atomic E-state index is -1.12. The monoisotopic (exact) mass is 386 g/mol. The number of fused-ring (bicyclic) bond motifs is 2. The Morgan fingerprint density at radius 3 is 2.68 bits per heavy atom. The molecule has 1 N–H and O–H groups in total. The van der Waals surface area contributed by atoms with Crippen LogP contribution >= 0.6 is 0 Å². The first-order chi connectivity index (χ1) is 13.0. The number of rotatable bonds is 0. The van der Waals surface area contributed by atoms with Crippen LogP contribution in [0.25, 0.3) is 6.08 Å². The van der Waals surface area contributed by atoms with Gasteiger partial charge in [-0.15, -0.1) is 0 Å². The maximum atomic E-state index is 14.1. The maximum absolute atomic E-state index is 14.1. The molecule has 0 saturated heterocycles. The second-order valence-corrected chi connectivity index (χ2v) is 7.99. The highest BCUT2D eigenvalue weighted by Gasteiger charge is 2.34. The Balaban J connectivity index is 2.31. The molecular formula is C21H23FN2O4. The normalized spacial score (nSPS) is 17.6. The molecule has 148 valence electrons. The molecule has 0 atom stereocenters. The molecule has 0 bridgehead atoms. The number of aliphatic hydroxyl groups excluding tert-OH is 1.